The monoisotopic (exact) mass is 558 g/mol. The molecule has 0 rings (SSSR count). The van der Waals surface area contributed by atoms with Gasteiger partial charge in [0.05, 0.1) is 17.4 Å². The molecule has 0 fully saturated rings. The van der Waals surface area contributed by atoms with Gasteiger partial charge in [-0.2, -0.15) is 25.3 Å². The summed E-state index contributed by atoms with van der Waals surface area (Å²) >= 11 is 9.54. The molecule has 0 radical (unpaired) electrons. The Kier molecular flexibility index (Phi) is 19.5. The number of hydrogen-bond donors (Lipinski definition) is 2. The highest BCUT2D eigenvalue weighted by atomic mass is 32.1. The van der Waals surface area contributed by atoms with Crippen LogP contribution in [0.3, 0.4) is 0 Å². The van der Waals surface area contributed by atoms with Gasteiger partial charge in [0.25, 0.3) is 0 Å². The Hall–Kier alpha value is 0.894. The SMILES string of the molecule is CCCCCC([Si](OCC)(OCC)OC(C)C(S)CC)[Si](OCC)(OCC)OC(C)C(S)CC. The molecule has 0 aliphatic carbocycles. The summed E-state index contributed by atoms with van der Waals surface area (Å²) in [4.78, 5) is 0. The summed E-state index contributed by atoms with van der Waals surface area (Å²) in [5, 5.41) is -0.0896. The summed E-state index contributed by atoms with van der Waals surface area (Å²) in [6.45, 7) is 20.4. The lowest BCUT2D eigenvalue weighted by molar-refractivity contribution is 0.00130. The number of hydrogen-bond acceptors (Lipinski definition) is 8. The lowest BCUT2D eigenvalue weighted by Crippen LogP contribution is -2.66. The number of unbranched alkanes of at least 4 members (excludes halogenated alkanes) is 2. The molecule has 0 aromatic carbocycles. The molecule has 6 nitrogen and oxygen atoms in total. The van der Waals surface area contributed by atoms with Crippen LogP contribution in [0.15, 0.2) is 0 Å². The van der Waals surface area contributed by atoms with Gasteiger partial charge in [0.15, 0.2) is 0 Å². The molecule has 0 bridgehead atoms. The maximum atomic E-state index is 6.83. The molecule has 0 heterocycles. The van der Waals surface area contributed by atoms with Gasteiger partial charge in [-0.05, 0) is 60.8 Å². The molecule has 0 amide bonds. The second-order valence-electron chi connectivity index (χ2n) is 8.58. The van der Waals surface area contributed by atoms with E-state index in [9.17, 15) is 0 Å². The number of thiol groups is 2. The molecule has 34 heavy (non-hydrogen) atoms. The van der Waals surface area contributed by atoms with E-state index >= 15 is 0 Å². The molecule has 0 aliphatic heterocycles. The first kappa shape index (κ1) is 34.9. The van der Waals surface area contributed by atoms with E-state index in [4.69, 9.17) is 51.8 Å². The summed E-state index contributed by atoms with van der Waals surface area (Å²) in [5.41, 5.74) is 0. The van der Waals surface area contributed by atoms with Crippen LogP contribution in [0.25, 0.3) is 0 Å². The van der Waals surface area contributed by atoms with Gasteiger partial charge >= 0.3 is 17.6 Å². The summed E-state index contributed by atoms with van der Waals surface area (Å²) in [6.07, 6.45) is 5.49. The van der Waals surface area contributed by atoms with E-state index in [1.807, 2.05) is 27.7 Å². The molecule has 0 aromatic heterocycles. The molecular weight excluding hydrogens is 505 g/mol. The highest BCUT2D eigenvalue weighted by Crippen LogP contribution is 2.43. The smallest absolute Gasteiger partial charge is 0.374 e. The van der Waals surface area contributed by atoms with Gasteiger partial charge < -0.3 is 26.6 Å². The predicted molar refractivity (Wildman–Crippen MR) is 153 cm³/mol. The Morgan fingerprint density at radius 1 is 0.588 bits per heavy atom. The third-order valence-electron chi connectivity index (χ3n) is 5.95. The Bertz CT molecular complexity index is 456. The first-order valence-electron chi connectivity index (χ1n) is 13.4. The Labute approximate surface area is 224 Å². The molecule has 0 aliphatic rings. The molecule has 0 saturated carbocycles. The fourth-order valence-electron chi connectivity index (χ4n) is 4.10. The average molecular weight is 559 g/mol. The van der Waals surface area contributed by atoms with Crippen molar-refractivity contribution in [3.8, 4) is 0 Å². The van der Waals surface area contributed by atoms with Crippen molar-refractivity contribution in [2.24, 2.45) is 0 Å². The molecule has 10 heteroatoms. The zero-order chi connectivity index (χ0) is 26.2. The van der Waals surface area contributed by atoms with E-state index in [-0.39, 0.29) is 27.9 Å². The van der Waals surface area contributed by atoms with Crippen LogP contribution in [0.2, 0.25) is 5.16 Å². The van der Waals surface area contributed by atoms with Crippen LogP contribution in [-0.4, -0.2) is 66.7 Å². The normalized spacial score (nSPS) is 17.4. The van der Waals surface area contributed by atoms with Crippen LogP contribution in [-0.2, 0) is 26.6 Å². The molecule has 0 N–H and O–H groups in total. The van der Waals surface area contributed by atoms with Crippen LogP contribution in [0.1, 0.15) is 101 Å². The molecule has 4 atom stereocenters. The van der Waals surface area contributed by atoms with Crippen molar-refractivity contribution in [1.29, 1.82) is 0 Å². The van der Waals surface area contributed by atoms with Crippen molar-refractivity contribution in [3.63, 3.8) is 0 Å². The highest BCUT2D eigenvalue weighted by Gasteiger charge is 2.66. The van der Waals surface area contributed by atoms with Crippen LogP contribution in [0.4, 0.5) is 0 Å². The van der Waals surface area contributed by atoms with Gasteiger partial charge in [0.1, 0.15) is 0 Å². The van der Waals surface area contributed by atoms with Crippen LogP contribution in [0.5, 0.6) is 0 Å². The average Bonchev–Trinajstić information content (AvgIpc) is 2.81. The minimum absolute atomic E-state index is 0.0705. The largest absolute Gasteiger partial charge is 0.509 e. The first-order valence-corrected chi connectivity index (χ1v) is 18.1. The van der Waals surface area contributed by atoms with Crippen molar-refractivity contribution in [3.05, 3.63) is 0 Å². The van der Waals surface area contributed by atoms with Crippen molar-refractivity contribution >= 4 is 42.9 Å². The fourth-order valence-corrected chi connectivity index (χ4v) is 13.3. The molecule has 0 saturated heterocycles. The van der Waals surface area contributed by atoms with Crippen LogP contribution >= 0.6 is 25.3 Å². The van der Waals surface area contributed by atoms with Gasteiger partial charge in [-0.15, -0.1) is 0 Å². The topological polar surface area (TPSA) is 55.4 Å². The van der Waals surface area contributed by atoms with Crippen molar-refractivity contribution in [2.45, 2.75) is 129 Å². The van der Waals surface area contributed by atoms with Crippen molar-refractivity contribution < 1.29 is 26.6 Å². The van der Waals surface area contributed by atoms with Gasteiger partial charge in [-0.3, -0.25) is 0 Å². The fraction of sp³-hybridized carbons (Fsp3) is 1.00. The minimum Gasteiger partial charge on any atom is -0.374 e. The quantitative estimate of drug-likeness (QED) is 0.0873. The maximum absolute atomic E-state index is 6.83. The third-order valence-corrected chi connectivity index (χ3v) is 16.1. The lowest BCUT2D eigenvalue weighted by Gasteiger charge is -2.45. The standard InChI is InChI=1S/C24H54O6S2Si2/c1-10-17-18-19-24(33(25-13-4,26-14-5)29-20(8)22(31)11-2)34(27-15-6,28-16-7)30-21(9)23(32)12-3/h20-24,31-32H,10-19H2,1-9H3. The summed E-state index contributed by atoms with van der Waals surface area (Å²) in [6, 6.07) is 0. The van der Waals surface area contributed by atoms with Crippen molar-refractivity contribution in [2.75, 3.05) is 26.4 Å². The van der Waals surface area contributed by atoms with Gasteiger partial charge in [-0.1, -0.05) is 40.0 Å². The first-order chi connectivity index (χ1) is 16.2. The van der Waals surface area contributed by atoms with E-state index < -0.39 is 17.6 Å². The molecule has 0 aromatic rings. The molecule has 0 spiro atoms. The molecular formula is C24H54O6S2Si2. The summed E-state index contributed by atoms with van der Waals surface area (Å²) in [7, 11) is -6.65. The van der Waals surface area contributed by atoms with E-state index in [0.717, 1.165) is 38.5 Å². The van der Waals surface area contributed by atoms with Gasteiger partial charge in [0.2, 0.25) is 0 Å². The van der Waals surface area contributed by atoms with Gasteiger partial charge in [-0.25, -0.2) is 0 Å². The van der Waals surface area contributed by atoms with E-state index in [1.54, 1.807) is 0 Å². The van der Waals surface area contributed by atoms with Crippen molar-refractivity contribution in [1.82, 2.24) is 0 Å². The molecule has 4 unspecified atom stereocenters. The Balaban J connectivity index is 6.78. The third kappa shape index (κ3) is 10.7. The van der Waals surface area contributed by atoms with E-state index in [2.05, 4.69) is 34.6 Å². The Morgan fingerprint density at radius 2 is 0.941 bits per heavy atom. The maximum Gasteiger partial charge on any atom is 0.509 e. The van der Waals surface area contributed by atoms with Gasteiger partial charge in [0, 0.05) is 36.9 Å². The summed E-state index contributed by atoms with van der Waals surface area (Å²) < 4.78 is 39.8. The highest BCUT2D eigenvalue weighted by molar-refractivity contribution is 7.81. The zero-order valence-electron chi connectivity index (χ0n) is 23.3. The van der Waals surface area contributed by atoms with E-state index in [0.29, 0.717) is 26.4 Å². The number of rotatable bonds is 22. The lowest BCUT2D eigenvalue weighted by atomic mass is 10.2. The summed E-state index contributed by atoms with van der Waals surface area (Å²) in [5.74, 6) is 0. The van der Waals surface area contributed by atoms with E-state index in [1.165, 1.54) is 0 Å². The predicted octanol–water partition coefficient (Wildman–Crippen LogP) is 6.73. The van der Waals surface area contributed by atoms with Crippen LogP contribution < -0.4 is 0 Å². The second-order valence-corrected chi connectivity index (χ2v) is 15.9. The van der Waals surface area contributed by atoms with Crippen LogP contribution in [0, 0.1) is 0 Å². The Morgan fingerprint density at radius 3 is 1.21 bits per heavy atom. The molecule has 206 valence electrons. The minimum atomic E-state index is -3.33. The second kappa shape index (κ2) is 19.0. The zero-order valence-corrected chi connectivity index (χ0v) is 27.1.